The number of hydrogen-bond donors (Lipinski definition) is 1. The highest BCUT2D eigenvalue weighted by molar-refractivity contribution is 5.97. The Morgan fingerprint density at radius 2 is 1.46 bits per heavy atom. The second kappa shape index (κ2) is 13.6. The molecule has 4 nitrogen and oxygen atoms in total. The lowest BCUT2D eigenvalue weighted by molar-refractivity contribution is 0.472. The van der Waals surface area contributed by atoms with Crippen molar-refractivity contribution in [2.75, 3.05) is 0 Å². The molecule has 2 aromatic heterocycles. The summed E-state index contributed by atoms with van der Waals surface area (Å²) < 4.78 is 95.3. The van der Waals surface area contributed by atoms with E-state index >= 15 is 0 Å². The summed E-state index contributed by atoms with van der Waals surface area (Å²) in [6.07, 6.45) is 1.55. The van der Waals surface area contributed by atoms with Gasteiger partial charge >= 0.3 is 0 Å². The van der Waals surface area contributed by atoms with Gasteiger partial charge in [-0.1, -0.05) is 106 Å². The largest absolute Gasteiger partial charge is 0.507 e. The van der Waals surface area contributed by atoms with Crippen LogP contribution in [-0.4, -0.2) is 19.6 Å². The molecule has 4 heteroatoms. The fourth-order valence-electron chi connectivity index (χ4n) is 7.01. The molecule has 266 valence electrons. The van der Waals surface area contributed by atoms with Crippen LogP contribution in [0.15, 0.2) is 140 Å². The minimum absolute atomic E-state index is 0.0192. The molecule has 6 aromatic carbocycles. The predicted molar refractivity (Wildman–Crippen MR) is 225 cm³/mol. The number of aromatic hydroxyl groups is 1. The zero-order valence-corrected chi connectivity index (χ0v) is 30.7. The molecular formula is C50H45N3O. The Kier molecular flexibility index (Phi) is 6.09. The molecule has 0 amide bonds. The van der Waals surface area contributed by atoms with E-state index in [1.807, 2.05) is 49.4 Å². The summed E-state index contributed by atoms with van der Waals surface area (Å²) in [6.45, 7) is 4.32. The van der Waals surface area contributed by atoms with E-state index < -0.39 is 31.8 Å². The number of phenolic OH excluding ortho intramolecular Hbond substituents is 1. The average molecular weight is 715 g/mol. The minimum Gasteiger partial charge on any atom is -0.507 e. The monoisotopic (exact) mass is 714 g/mol. The van der Waals surface area contributed by atoms with Crippen molar-refractivity contribution < 1.29 is 20.2 Å². The van der Waals surface area contributed by atoms with Gasteiger partial charge in [0.15, 0.2) is 0 Å². The van der Waals surface area contributed by atoms with Crippen LogP contribution in [0.5, 0.6) is 5.75 Å². The van der Waals surface area contributed by atoms with Gasteiger partial charge in [-0.3, -0.25) is 9.55 Å². The SMILES string of the molecule is [2H]c1c([2H])c([2H])c(-c2ccnc(-c3cc(-c4cccc5c4nc(-c4cc(C)cc(C)c4O)n5-c4cc(-c5ccccc5)c(C([2H])([2H])[2H])c(C([2H])([2H])[2H])c4)cc(C(C)(C)C)c3)c2)c([2H])c1[2H]. The molecule has 0 aliphatic rings. The Balaban J connectivity index is 1.44. The Bertz CT molecular complexity index is 3170. The standard InChI is InChI=1S/C50H45N3O/c1-31-23-33(3)48(54)44(24-31)49-52-47-42(19-14-20-46(47)53(49)41-25-32(2)34(4)43(30-41)36-17-12-9-13-18-36)38-26-39(28-40(27-38)50(5,6)7)45-29-37(21-22-51-45)35-15-10-8-11-16-35/h8-30,54H,1-7H3/i2D3,4D3,8D,10D,11D,15D,16D. The van der Waals surface area contributed by atoms with E-state index in [4.69, 9.17) is 25.0 Å². The van der Waals surface area contributed by atoms with Gasteiger partial charge in [0.1, 0.15) is 11.6 Å². The Labute approximate surface area is 333 Å². The Morgan fingerprint density at radius 1 is 0.667 bits per heavy atom. The highest BCUT2D eigenvalue weighted by Crippen LogP contribution is 2.42. The molecule has 0 saturated carbocycles. The van der Waals surface area contributed by atoms with Crippen molar-refractivity contribution in [3.05, 3.63) is 167 Å². The zero-order chi connectivity index (χ0) is 47.1. The van der Waals surface area contributed by atoms with E-state index in [9.17, 15) is 5.11 Å². The smallest absolute Gasteiger partial charge is 0.149 e. The number of para-hydroxylation sites is 1. The predicted octanol–water partition coefficient (Wildman–Crippen LogP) is 13.0. The van der Waals surface area contributed by atoms with Crippen molar-refractivity contribution in [1.29, 1.82) is 0 Å². The quantitative estimate of drug-likeness (QED) is 0.187. The number of benzene rings is 6. The van der Waals surface area contributed by atoms with Gasteiger partial charge in [0, 0.05) is 31.2 Å². The first-order chi connectivity index (χ1) is 30.4. The molecule has 1 N–H and O–H groups in total. The van der Waals surface area contributed by atoms with Crippen molar-refractivity contribution in [1.82, 2.24) is 14.5 Å². The van der Waals surface area contributed by atoms with Gasteiger partial charge in [-0.25, -0.2) is 4.98 Å². The number of hydrogen-bond acceptors (Lipinski definition) is 3. The first kappa shape index (κ1) is 24.1. The van der Waals surface area contributed by atoms with Gasteiger partial charge in [-0.05, 0) is 137 Å². The van der Waals surface area contributed by atoms with E-state index in [0.29, 0.717) is 61.6 Å². The molecule has 0 fully saturated rings. The second-order valence-electron chi connectivity index (χ2n) is 14.7. The van der Waals surface area contributed by atoms with Crippen molar-refractivity contribution in [3.63, 3.8) is 0 Å². The highest BCUT2D eigenvalue weighted by atomic mass is 16.3. The van der Waals surface area contributed by atoms with Crippen LogP contribution in [0.4, 0.5) is 0 Å². The van der Waals surface area contributed by atoms with Gasteiger partial charge < -0.3 is 5.11 Å². The topological polar surface area (TPSA) is 50.9 Å². The van der Waals surface area contributed by atoms with Gasteiger partial charge in [0.25, 0.3) is 0 Å². The summed E-state index contributed by atoms with van der Waals surface area (Å²) in [7, 11) is 0. The summed E-state index contributed by atoms with van der Waals surface area (Å²) in [4.78, 5) is 9.98. The molecule has 0 atom stereocenters. The molecule has 0 aliphatic carbocycles. The molecule has 2 heterocycles. The fraction of sp³-hybridized carbons (Fsp3) is 0.160. The van der Waals surface area contributed by atoms with Crippen LogP contribution in [0.1, 0.15) is 63.7 Å². The van der Waals surface area contributed by atoms with Gasteiger partial charge in [-0.2, -0.15) is 0 Å². The third-order valence-electron chi connectivity index (χ3n) is 9.79. The van der Waals surface area contributed by atoms with Gasteiger partial charge in [0.05, 0.1) is 29.1 Å². The molecule has 54 heavy (non-hydrogen) atoms. The lowest BCUT2D eigenvalue weighted by Crippen LogP contribution is -2.11. The number of nitrogens with zero attached hydrogens (tertiary/aromatic N) is 3. The number of aryl methyl sites for hydroxylation is 3. The van der Waals surface area contributed by atoms with Gasteiger partial charge in [0.2, 0.25) is 0 Å². The van der Waals surface area contributed by atoms with Crippen LogP contribution in [0.25, 0.3) is 72.7 Å². The van der Waals surface area contributed by atoms with E-state index in [1.54, 1.807) is 66.2 Å². The summed E-state index contributed by atoms with van der Waals surface area (Å²) in [5.41, 5.74) is 7.05. The first-order valence-corrected chi connectivity index (χ1v) is 17.7. The summed E-state index contributed by atoms with van der Waals surface area (Å²) in [5.74, 6) is 0.281. The summed E-state index contributed by atoms with van der Waals surface area (Å²) in [5, 5.41) is 11.7. The van der Waals surface area contributed by atoms with Crippen molar-refractivity contribution in [2.24, 2.45) is 0 Å². The number of imidazole rings is 1. The maximum absolute atomic E-state index is 11.7. The number of pyridine rings is 1. The fourth-order valence-corrected chi connectivity index (χ4v) is 7.01. The zero-order valence-electron chi connectivity index (χ0n) is 41.7. The van der Waals surface area contributed by atoms with E-state index in [1.165, 1.54) is 6.07 Å². The summed E-state index contributed by atoms with van der Waals surface area (Å²) >= 11 is 0. The molecule has 0 unspecified atom stereocenters. The van der Waals surface area contributed by atoms with E-state index in [-0.39, 0.29) is 45.5 Å². The van der Waals surface area contributed by atoms with Crippen molar-refractivity contribution in [3.8, 4) is 67.5 Å². The number of aromatic nitrogens is 3. The molecule has 0 bridgehead atoms. The molecule has 0 aliphatic heterocycles. The van der Waals surface area contributed by atoms with Crippen molar-refractivity contribution >= 4 is 11.0 Å². The molecule has 0 spiro atoms. The van der Waals surface area contributed by atoms with Crippen LogP contribution < -0.4 is 0 Å². The summed E-state index contributed by atoms with van der Waals surface area (Å²) in [6, 6.07) is 28.6. The number of phenols is 1. The molecular weight excluding hydrogens is 659 g/mol. The van der Waals surface area contributed by atoms with Crippen LogP contribution >= 0.6 is 0 Å². The molecule has 8 rings (SSSR count). The minimum atomic E-state index is -2.83. The number of fused-ring (bicyclic) bond motifs is 1. The van der Waals surface area contributed by atoms with E-state index in [0.717, 1.165) is 16.7 Å². The van der Waals surface area contributed by atoms with E-state index in [2.05, 4.69) is 26.8 Å². The first-order valence-electron chi connectivity index (χ1n) is 23.2. The third-order valence-corrected chi connectivity index (χ3v) is 9.79. The number of rotatable bonds is 6. The lowest BCUT2D eigenvalue weighted by Gasteiger charge is -2.22. The Morgan fingerprint density at radius 3 is 2.22 bits per heavy atom. The highest BCUT2D eigenvalue weighted by Gasteiger charge is 2.24. The lowest BCUT2D eigenvalue weighted by atomic mass is 9.83. The van der Waals surface area contributed by atoms with Crippen LogP contribution in [0.2, 0.25) is 0 Å². The van der Waals surface area contributed by atoms with Gasteiger partial charge in [-0.15, -0.1) is 0 Å². The van der Waals surface area contributed by atoms with Crippen LogP contribution in [-0.2, 0) is 5.41 Å². The molecule has 0 saturated heterocycles. The normalized spacial score (nSPS) is 15.1. The Hall–Kier alpha value is -6.26. The van der Waals surface area contributed by atoms with Crippen molar-refractivity contribution in [2.45, 2.75) is 53.7 Å². The molecule has 0 radical (unpaired) electrons. The third kappa shape index (κ3) is 6.39. The van der Waals surface area contributed by atoms with Crippen LogP contribution in [0.3, 0.4) is 0 Å². The second-order valence-corrected chi connectivity index (χ2v) is 14.7. The van der Waals surface area contributed by atoms with Crippen LogP contribution in [0, 0.1) is 27.6 Å². The average Bonchev–Trinajstić information content (AvgIpc) is 3.65. The maximum Gasteiger partial charge on any atom is 0.149 e. The molecule has 8 aromatic rings. The maximum atomic E-state index is 11.7.